The number of anilines is 1. The monoisotopic (exact) mass is 367 g/mol. The number of halogens is 1. The number of piperidine rings is 1. The van der Waals surface area contributed by atoms with Gasteiger partial charge in [0.25, 0.3) is 0 Å². The lowest BCUT2D eigenvalue weighted by Gasteiger charge is -2.30. The fourth-order valence-electron chi connectivity index (χ4n) is 3.60. The van der Waals surface area contributed by atoms with Crippen molar-refractivity contribution in [3.05, 3.63) is 42.5 Å². The number of fused-ring (bicyclic) bond motifs is 1. The number of aromatic nitrogens is 3. The van der Waals surface area contributed by atoms with Gasteiger partial charge in [0.15, 0.2) is 5.82 Å². The lowest BCUT2D eigenvalue weighted by molar-refractivity contribution is 0.261. The molecule has 2 aromatic heterocycles. The van der Waals surface area contributed by atoms with Crippen LogP contribution in [0.1, 0.15) is 12.8 Å². The molecule has 1 saturated heterocycles. The molecule has 1 aromatic carbocycles. The Morgan fingerprint density at radius 3 is 2.89 bits per heavy atom. The molecule has 1 fully saturated rings. The predicted molar refractivity (Wildman–Crippen MR) is 103 cm³/mol. The zero-order valence-corrected chi connectivity index (χ0v) is 15.4. The summed E-state index contributed by atoms with van der Waals surface area (Å²) >= 11 is 0. The van der Waals surface area contributed by atoms with Crippen LogP contribution in [0.25, 0.3) is 22.0 Å². The van der Waals surface area contributed by atoms with Gasteiger partial charge in [0.2, 0.25) is 0 Å². The van der Waals surface area contributed by atoms with Gasteiger partial charge in [-0.25, -0.2) is 4.39 Å². The Bertz CT molecular complexity index is 964. The topological polar surface area (TPSA) is 63.2 Å². The van der Waals surface area contributed by atoms with E-state index in [1.165, 1.54) is 13.2 Å². The maximum Gasteiger partial charge on any atom is 0.158 e. The van der Waals surface area contributed by atoms with Gasteiger partial charge >= 0.3 is 0 Å². The van der Waals surface area contributed by atoms with Gasteiger partial charge < -0.3 is 15.0 Å². The molecular formula is C20H22FN5O. The second-order valence-corrected chi connectivity index (χ2v) is 6.91. The van der Waals surface area contributed by atoms with Crippen LogP contribution >= 0.6 is 0 Å². The van der Waals surface area contributed by atoms with E-state index in [2.05, 4.69) is 32.4 Å². The molecule has 0 aliphatic carbocycles. The molecule has 1 N–H and O–H groups in total. The Labute approximate surface area is 157 Å². The summed E-state index contributed by atoms with van der Waals surface area (Å²) in [5.41, 5.74) is 0.891. The summed E-state index contributed by atoms with van der Waals surface area (Å²) in [5.74, 6) is 0.766. The van der Waals surface area contributed by atoms with Gasteiger partial charge in [-0.15, -0.1) is 10.2 Å². The summed E-state index contributed by atoms with van der Waals surface area (Å²) in [6, 6.07) is 6.90. The van der Waals surface area contributed by atoms with E-state index in [4.69, 9.17) is 4.74 Å². The largest absolute Gasteiger partial charge is 0.497 e. The third-order valence-electron chi connectivity index (χ3n) is 4.98. The molecule has 1 atom stereocenters. The summed E-state index contributed by atoms with van der Waals surface area (Å²) in [4.78, 5) is 6.54. The maximum absolute atomic E-state index is 14.6. The van der Waals surface area contributed by atoms with E-state index in [0.717, 1.165) is 36.7 Å². The third-order valence-corrected chi connectivity index (χ3v) is 4.98. The summed E-state index contributed by atoms with van der Waals surface area (Å²) in [6.45, 7) is 2.07. The summed E-state index contributed by atoms with van der Waals surface area (Å²) in [6.07, 6.45) is 5.67. The van der Waals surface area contributed by atoms with E-state index in [1.54, 1.807) is 24.5 Å². The Morgan fingerprint density at radius 2 is 2.11 bits per heavy atom. The van der Waals surface area contributed by atoms with Crippen LogP contribution < -0.4 is 10.1 Å². The highest BCUT2D eigenvalue weighted by Crippen LogP contribution is 2.32. The molecule has 0 saturated carbocycles. The van der Waals surface area contributed by atoms with Gasteiger partial charge in [-0.05, 0) is 44.6 Å². The molecule has 1 unspecified atom stereocenters. The molecule has 0 bridgehead atoms. The van der Waals surface area contributed by atoms with Crippen LogP contribution in [0.5, 0.6) is 5.75 Å². The first-order valence-electron chi connectivity index (χ1n) is 9.05. The Morgan fingerprint density at radius 1 is 1.22 bits per heavy atom. The van der Waals surface area contributed by atoms with Gasteiger partial charge in [-0.1, -0.05) is 0 Å². The van der Waals surface area contributed by atoms with E-state index in [0.29, 0.717) is 28.9 Å². The molecule has 0 amide bonds. The van der Waals surface area contributed by atoms with Crippen molar-refractivity contribution >= 4 is 16.6 Å². The summed E-state index contributed by atoms with van der Waals surface area (Å²) < 4.78 is 19.7. The molecule has 6 nitrogen and oxygen atoms in total. The van der Waals surface area contributed by atoms with Crippen molar-refractivity contribution in [3.8, 4) is 17.0 Å². The van der Waals surface area contributed by atoms with Crippen LogP contribution in [0, 0.1) is 5.82 Å². The number of ether oxygens (including phenoxy) is 1. The quantitative estimate of drug-likeness (QED) is 0.763. The van der Waals surface area contributed by atoms with Crippen molar-refractivity contribution in [1.29, 1.82) is 0 Å². The van der Waals surface area contributed by atoms with Crippen molar-refractivity contribution in [2.75, 3.05) is 32.6 Å². The highest BCUT2D eigenvalue weighted by atomic mass is 19.1. The highest BCUT2D eigenvalue weighted by Gasteiger charge is 2.20. The number of likely N-dealkylation sites (N-methyl/N-ethyl adjacent to an activating group) is 1. The Balaban J connectivity index is 1.74. The number of hydrogen-bond acceptors (Lipinski definition) is 6. The van der Waals surface area contributed by atoms with Gasteiger partial charge in [0.05, 0.1) is 7.11 Å². The average Bonchev–Trinajstić information content (AvgIpc) is 2.68. The normalized spacial score (nSPS) is 17.8. The molecule has 0 radical (unpaired) electrons. The van der Waals surface area contributed by atoms with Gasteiger partial charge in [-0.2, -0.15) is 0 Å². The second-order valence-electron chi connectivity index (χ2n) is 6.91. The standard InChI is InChI=1S/C20H22FN5O/c1-26-9-3-4-13(12-26)23-20-17-11-22-8-7-15(17)19(24-25-20)16-6-5-14(27-2)10-18(16)21/h5-8,10-11,13H,3-4,9,12H2,1-2H3,(H,23,25). The summed E-state index contributed by atoms with van der Waals surface area (Å²) in [7, 11) is 3.63. The number of rotatable bonds is 4. The van der Waals surface area contributed by atoms with Crippen LogP contribution in [0.15, 0.2) is 36.7 Å². The first-order valence-corrected chi connectivity index (χ1v) is 9.05. The number of hydrogen-bond donors (Lipinski definition) is 1. The number of nitrogens with zero attached hydrogens (tertiary/aromatic N) is 4. The first-order chi connectivity index (χ1) is 13.2. The van der Waals surface area contributed by atoms with Crippen molar-refractivity contribution in [1.82, 2.24) is 20.1 Å². The minimum atomic E-state index is -0.392. The number of methoxy groups -OCH3 is 1. The van der Waals surface area contributed by atoms with E-state index in [9.17, 15) is 4.39 Å². The van der Waals surface area contributed by atoms with Crippen LogP contribution in [0.3, 0.4) is 0 Å². The second kappa shape index (κ2) is 7.44. The van der Waals surface area contributed by atoms with Crippen molar-refractivity contribution in [2.24, 2.45) is 0 Å². The van der Waals surface area contributed by atoms with Gasteiger partial charge in [-0.3, -0.25) is 4.98 Å². The first kappa shape index (κ1) is 17.6. The molecule has 1 aliphatic heterocycles. The summed E-state index contributed by atoms with van der Waals surface area (Å²) in [5, 5.41) is 13.9. The van der Waals surface area contributed by atoms with Crippen molar-refractivity contribution < 1.29 is 9.13 Å². The number of benzene rings is 1. The van der Waals surface area contributed by atoms with Crippen molar-refractivity contribution in [3.63, 3.8) is 0 Å². The SMILES string of the molecule is COc1ccc(-c2nnc(NC3CCCN(C)C3)c3cnccc23)c(F)c1. The van der Waals surface area contributed by atoms with Crippen LogP contribution in [0.4, 0.5) is 10.2 Å². The number of nitrogens with one attached hydrogen (secondary N) is 1. The zero-order valence-electron chi connectivity index (χ0n) is 15.4. The average molecular weight is 367 g/mol. The van der Waals surface area contributed by atoms with E-state index >= 15 is 0 Å². The Kier molecular flexibility index (Phi) is 4.85. The third kappa shape index (κ3) is 3.55. The van der Waals surface area contributed by atoms with Crippen LogP contribution in [0.2, 0.25) is 0 Å². The minimum absolute atomic E-state index is 0.310. The molecule has 3 heterocycles. The number of pyridine rings is 1. The molecular weight excluding hydrogens is 345 g/mol. The molecule has 3 aromatic rings. The predicted octanol–water partition coefficient (Wildman–Crippen LogP) is 3.35. The molecule has 7 heteroatoms. The van der Waals surface area contributed by atoms with Crippen molar-refractivity contribution in [2.45, 2.75) is 18.9 Å². The van der Waals surface area contributed by atoms with Gasteiger partial charge in [0.1, 0.15) is 17.3 Å². The maximum atomic E-state index is 14.6. The van der Waals surface area contributed by atoms with E-state index in [-0.39, 0.29) is 0 Å². The molecule has 27 heavy (non-hydrogen) atoms. The van der Waals surface area contributed by atoms with Crippen LogP contribution in [-0.4, -0.2) is 53.4 Å². The lowest BCUT2D eigenvalue weighted by Crippen LogP contribution is -2.40. The molecule has 0 spiro atoms. The fraction of sp³-hybridized carbons (Fsp3) is 0.350. The number of likely N-dealkylation sites (tertiary alicyclic amines) is 1. The van der Waals surface area contributed by atoms with Crippen LogP contribution in [-0.2, 0) is 0 Å². The molecule has 4 rings (SSSR count). The van der Waals surface area contributed by atoms with E-state index < -0.39 is 5.82 Å². The highest BCUT2D eigenvalue weighted by molar-refractivity contribution is 5.99. The Hall–Kier alpha value is -2.80. The zero-order chi connectivity index (χ0) is 18.8. The smallest absolute Gasteiger partial charge is 0.158 e. The molecule has 140 valence electrons. The minimum Gasteiger partial charge on any atom is -0.497 e. The lowest BCUT2D eigenvalue weighted by atomic mass is 10.0. The van der Waals surface area contributed by atoms with E-state index in [1.807, 2.05) is 6.07 Å². The fourth-order valence-corrected chi connectivity index (χ4v) is 3.60. The van der Waals surface area contributed by atoms with Gasteiger partial charge in [0, 0.05) is 47.4 Å². The molecule has 1 aliphatic rings.